The minimum Gasteiger partial charge on any atom is -0.492 e. The first-order chi connectivity index (χ1) is 13.9. The number of allylic oxidation sites excluding steroid dienone is 6. The molecule has 0 aromatic rings. The fraction of sp³-hybridized carbons (Fsp3) is 0.741. The second-order valence-electron chi connectivity index (χ2n) is 9.14. The lowest BCUT2D eigenvalue weighted by Gasteiger charge is -2.30. The van der Waals surface area contributed by atoms with Crippen molar-refractivity contribution < 1.29 is 9.84 Å². The number of unbranched alkanes of at least 4 members (excludes halogenated alkanes) is 2. The lowest BCUT2D eigenvalue weighted by atomic mass is 9.85. The Morgan fingerprint density at radius 3 is 2.66 bits per heavy atom. The Kier molecular flexibility index (Phi) is 13.4. The van der Waals surface area contributed by atoms with Crippen LogP contribution in [0.5, 0.6) is 0 Å². The van der Waals surface area contributed by atoms with Gasteiger partial charge in [0.1, 0.15) is 11.9 Å². The monoisotopic (exact) mass is 403 g/mol. The lowest BCUT2D eigenvalue weighted by Crippen LogP contribution is -2.24. The first kappa shape index (κ1) is 26.0. The molecule has 4 atom stereocenters. The van der Waals surface area contributed by atoms with E-state index in [1.165, 1.54) is 49.7 Å². The van der Waals surface area contributed by atoms with Crippen LogP contribution in [0.25, 0.3) is 0 Å². The number of hydrogen-bond acceptors (Lipinski definition) is 2. The topological polar surface area (TPSA) is 29.5 Å². The Hall–Kier alpha value is -1.02. The summed E-state index contributed by atoms with van der Waals surface area (Å²) in [5.41, 5.74) is 2.83. The van der Waals surface area contributed by atoms with Gasteiger partial charge in [-0.05, 0) is 62.9 Å². The highest BCUT2D eigenvalue weighted by molar-refractivity contribution is 5.29. The van der Waals surface area contributed by atoms with Crippen molar-refractivity contribution >= 4 is 0 Å². The van der Waals surface area contributed by atoms with Gasteiger partial charge in [-0.1, -0.05) is 64.3 Å². The summed E-state index contributed by atoms with van der Waals surface area (Å²) in [7, 11) is 0. The van der Waals surface area contributed by atoms with Gasteiger partial charge in [-0.2, -0.15) is 13.3 Å². The third kappa shape index (κ3) is 10.0. The zero-order chi connectivity index (χ0) is 21.6. The van der Waals surface area contributed by atoms with Crippen LogP contribution in [0.15, 0.2) is 35.1 Å². The minimum atomic E-state index is -0.0718. The fourth-order valence-electron chi connectivity index (χ4n) is 4.03. The van der Waals surface area contributed by atoms with Gasteiger partial charge in [0.05, 0.1) is 6.61 Å². The van der Waals surface area contributed by atoms with Crippen molar-refractivity contribution in [1.82, 2.24) is 0 Å². The van der Waals surface area contributed by atoms with Crippen molar-refractivity contribution in [1.29, 1.82) is 0 Å². The van der Waals surface area contributed by atoms with Crippen LogP contribution in [0.3, 0.4) is 0 Å². The van der Waals surface area contributed by atoms with E-state index in [9.17, 15) is 5.11 Å². The van der Waals surface area contributed by atoms with Gasteiger partial charge < -0.3 is 16.3 Å². The molecule has 1 N–H and O–H groups in total. The van der Waals surface area contributed by atoms with Gasteiger partial charge >= 0.3 is 0 Å². The normalized spacial score (nSPS) is 22.1. The highest BCUT2D eigenvalue weighted by Crippen LogP contribution is 2.33. The molecule has 4 unspecified atom stereocenters. The predicted molar refractivity (Wildman–Crippen MR) is 127 cm³/mol. The molecular formula is C27H47O2-. The van der Waals surface area contributed by atoms with Crippen LogP contribution in [0.2, 0.25) is 0 Å². The smallest absolute Gasteiger partial charge is 0.121 e. The molecule has 0 radical (unpaired) electrons. The van der Waals surface area contributed by atoms with Gasteiger partial charge in [0.15, 0.2) is 0 Å². The van der Waals surface area contributed by atoms with Crippen LogP contribution in [0.4, 0.5) is 0 Å². The van der Waals surface area contributed by atoms with E-state index in [2.05, 4.69) is 66.2 Å². The highest BCUT2D eigenvalue weighted by atomic mass is 16.5. The number of hydrogen-bond donors (Lipinski definition) is 1. The molecule has 0 amide bonds. The summed E-state index contributed by atoms with van der Waals surface area (Å²) in [5.74, 6) is 2.73. The van der Waals surface area contributed by atoms with Gasteiger partial charge in [0, 0.05) is 5.92 Å². The molecule has 2 nitrogen and oxygen atoms in total. The SMILES string of the molecule is C[CH-]CCC/C(C)=C/CCC(C)CCCC(CO)OC1=C(CC)C=CC(C)C1C. The Labute approximate surface area is 181 Å². The van der Waals surface area contributed by atoms with Crippen LogP contribution in [-0.2, 0) is 4.74 Å². The van der Waals surface area contributed by atoms with E-state index in [0.29, 0.717) is 11.8 Å². The summed E-state index contributed by atoms with van der Waals surface area (Å²) in [6.07, 6.45) is 19.6. The maximum absolute atomic E-state index is 9.85. The Bertz CT molecular complexity index is 529. The third-order valence-corrected chi connectivity index (χ3v) is 6.44. The van der Waals surface area contributed by atoms with Gasteiger partial charge in [0.2, 0.25) is 0 Å². The number of aliphatic hydroxyl groups is 1. The van der Waals surface area contributed by atoms with Gasteiger partial charge in [-0.25, -0.2) is 0 Å². The molecule has 168 valence electrons. The van der Waals surface area contributed by atoms with E-state index < -0.39 is 0 Å². The molecule has 1 rings (SSSR count). The molecule has 0 aliphatic heterocycles. The molecular weight excluding hydrogens is 356 g/mol. The lowest BCUT2D eigenvalue weighted by molar-refractivity contribution is 0.0318. The van der Waals surface area contributed by atoms with E-state index in [1.807, 2.05) is 0 Å². The summed E-state index contributed by atoms with van der Waals surface area (Å²) in [5, 5.41) is 9.85. The molecule has 0 aromatic carbocycles. The molecule has 0 bridgehead atoms. The van der Waals surface area contributed by atoms with E-state index in [-0.39, 0.29) is 12.7 Å². The summed E-state index contributed by atoms with van der Waals surface area (Å²) in [6, 6.07) is 0. The predicted octanol–water partition coefficient (Wildman–Crippen LogP) is 7.80. The standard InChI is InChI=1S/C27H47O2/c1-7-9-10-13-21(3)14-11-15-22(4)16-12-17-26(20-28)29-27-24(6)23(5)18-19-25(27)8-2/h7,14,18-19,22-24,26,28H,8-13,15-17,20H2,1-6H3/q-1/b21-14+. The second kappa shape index (κ2) is 14.9. The summed E-state index contributed by atoms with van der Waals surface area (Å²) in [6.45, 7) is 13.5. The van der Waals surface area contributed by atoms with Crippen LogP contribution in [-0.4, -0.2) is 17.8 Å². The average Bonchev–Trinajstić information content (AvgIpc) is 2.70. The van der Waals surface area contributed by atoms with Gasteiger partial charge in [-0.3, -0.25) is 0 Å². The zero-order valence-electron chi connectivity index (χ0n) is 20.0. The van der Waals surface area contributed by atoms with E-state index in [4.69, 9.17) is 4.74 Å². The molecule has 0 aromatic heterocycles. The molecule has 0 heterocycles. The van der Waals surface area contributed by atoms with Crippen molar-refractivity contribution in [3.05, 3.63) is 41.6 Å². The molecule has 0 fully saturated rings. The van der Waals surface area contributed by atoms with Gasteiger partial charge in [0.25, 0.3) is 0 Å². The highest BCUT2D eigenvalue weighted by Gasteiger charge is 2.25. The van der Waals surface area contributed by atoms with E-state index >= 15 is 0 Å². The minimum absolute atomic E-state index is 0.0718. The van der Waals surface area contributed by atoms with Crippen LogP contribution < -0.4 is 0 Å². The average molecular weight is 404 g/mol. The molecule has 0 spiro atoms. The van der Waals surface area contributed by atoms with Crippen molar-refractivity contribution in [3.63, 3.8) is 0 Å². The quantitative estimate of drug-likeness (QED) is 0.172. The Balaban J connectivity index is 2.36. The molecule has 1 aliphatic carbocycles. The summed E-state index contributed by atoms with van der Waals surface area (Å²) >= 11 is 0. The van der Waals surface area contributed by atoms with Crippen molar-refractivity contribution in [2.24, 2.45) is 17.8 Å². The maximum atomic E-state index is 9.85. The molecule has 2 heteroatoms. The molecule has 0 saturated carbocycles. The van der Waals surface area contributed by atoms with Crippen LogP contribution in [0, 0.1) is 24.2 Å². The first-order valence-corrected chi connectivity index (χ1v) is 12.0. The second-order valence-corrected chi connectivity index (χ2v) is 9.14. The number of rotatable bonds is 15. The van der Waals surface area contributed by atoms with Crippen molar-refractivity contribution in [3.8, 4) is 0 Å². The van der Waals surface area contributed by atoms with E-state index in [1.54, 1.807) is 0 Å². The first-order valence-electron chi connectivity index (χ1n) is 12.0. The van der Waals surface area contributed by atoms with Crippen LogP contribution in [0.1, 0.15) is 99.3 Å². The molecule has 1 aliphatic rings. The largest absolute Gasteiger partial charge is 0.492 e. The van der Waals surface area contributed by atoms with Crippen molar-refractivity contribution in [2.75, 3.05) is 6.61 Å². The summed E-state index contributed by atoms with van der Waals surface area (Å²) < 4.78 is 6.33. The Morgan fingerprint density at radius 2 is 2.00 bits per heavy atom. The molecule has 0 saturated heterocycles. The van der Waals surface area contributed by atoms with Gasteiger partial charge in [-0.15, -0.1) is 0 Å². The van der Waals surface area contributed by atoms with Crippen LogP contribution >= 0.6 is 0 Å². The van der Waals surface area contributed by atoms with E-state index in [0.717, 1.165) is 30.9 Å². The van der Waals surface area contributed by atoms with Crippen molar-refractivity contribution in [2.45, 2.75) is 105 Å². The fourth-order valence-corrected chi connectivity index (χ4v) is 4.03. The third-order valence-electron chi connectivity index (χ3n) is 6.44. The zero-order valence-corrected chi connectivity index (χ0v) is 20.0. The molecule has 29 heavy (non-hydrogen) atoms. The number of ether oxygens (including phenoxy) is 1. The maximum Gasteiger partial charge on any atom is 0.121 e. The summed E-state index contributed by atoms with van der Waals surface area (Å²) in [4.78, 5) is 0. The Morgan fingerprint density at radius 1 is 1.24 bits per heavy atom. The number of aliphatic hydroxyl groups excluding tert-OH is 1.